The van der Waals surface area contributed by atoms with Gasteiger partial charge in [-0.3, -0.25) is 34.3 Å². The van der Waals surface area contributed by atoms with Crippen LogP contribution in [0.5, 0.6) is 0 Å². The summed E-state index contributed by atoms with van der Waals surface area (Å²) < 4.78 is 37.4. The fourth-order valence-corrected chi connectivity index (χ4v) is 8.70. The Balaban J connectivity index is 1.20. The molecule has 6 rings (SSSR count). The number of amides is 4. The first-order valence-corrected chi connectivity index (χ1v) is 22.9. The summed E-state index contributed by atoms with van der Waals surface area (Å²) in [5.41, 5.74) is 2.52. The molecule has 4 amide bonds. The number of Topliss-reactive ketones (excluding diaryl/α,β-unsaturated/α-hetero) is 1. The van der Waals surface area contributed by atoms with Crippen molar-refractivity contribution in [3.63, 3.8) is 0 Å². The van der Waals surface area contributed by atoms with Crippen molar-refractivity contribution in [3.05, 3.63) is 113 Å². The van der Waals surface area contributed by atoms with Crippen LogP contribution in [0.4, 0.5) is 8.78 Å². The summed E-state index contributed by atoms with van der Waals surface area (Å²) in [5.74, 6) is -11.3. The predicted molar refractivity (Wildman–Crippen MR) is 245 cm³/mol. The number of fused-ring (bicyclic) bond motifs is 2. The minimum Gasteiger partial charge on any atom is -0.631 e. The first-order chi connectivity index (χ1) is 31.8. The molecular formula is C49H62F2N8O8. The molecule has 1 saturated heterocycles. The van der Waals surface area contributed by atoms with Gasteiger partial charge in [-0.2, -0.15) is 8.78 Å². The van der Waals surface area contributed by atoms with E-state index in [1.807, 2.05) is 48.5 Å². The third-order valence-corrected chi connectivity index (χ3v) is 12.6. The summed E-state index contributed by atoms with van der Waals surface area (Å²) in [6.07, 6.45) is 1.98. The first-order valence-electron chi connectivity index (χ1n) is 22.9. The summed E-state index contributed by atoms with van der Waals surface area (Å²) in [6, 6.07) is 14.1. The number of carbonyl (C=O) groups excluding carboxylic acids is 5. The summed E-state index contributed by atoms with van der Waals surface area (Å²) in [5, 5.41) is 37.7. The van der Waals surface area contributed by atoms with Gasteiger partial charge in [0.15, 0.2) is 6.73 Å². The molecule has 67 heavy (non-hydrogen) atoms. The number of alkyl halides is 2. The van der Waals surface area contributed by atoms with Crippen LogP contribution in [0.15, 0.2) is 85.3 Å². The minimum absolute atomic E-state index is 0.0125. The first kappa shape index (κ1) is 50.6. The average Bonchev–Trinajstić information content (AvgIpc) is 3.75. The second kappa shape index (κ2) is 21.9. The lowest BCUT2D eigenvalue weighted by atomic mass is 9.97. The van der Waals surface area contributed by atoms with Gasteiger partial charge in [0.1, 0.15) is 24.5 Å². The molecule has 0 spiro atoms. The van der Waals surface area contributed by atoms with E-state index in [-0.39, 0.29) is 57.2 Å². The number of aliphatic hydroxyl groups is 1. The Bertz CT molecular complexity index is 2390. The van der Waals surface area contributed by atoms with E-state index >= 15 is 8.78 Å². The van der Waals surface area contributed by atoms with E-state index in [9.17, 15) is 34.3 Å². The number of ketones is 1. The highest BCUT2D eigenvalue weighted by Gasteiger charge is 2.52. The number of benzene rings is 3. The third-order valence-electron chi connectivity index (χ3n) is 12.6. The molecule has 8 atom stereocenters. The van der Waals surface area contributed by atoms with Crippen molar-refractivity contribution in [2.24, 2.45) is 11.8 Å². The highest BCUT2D eigenvalue weighted by Crippen LogP contribution is 2.29. The molecule has 2 aliphatic rings. The zero-order valence-electron chi connectivity index (χ0n) is 38.8. The van der Waals surface area contributed by atoms with E-state index in [1.165, 1.54) is 30.4 Å². The van der Waals surface area contributed by atoms with Crippen LogP contribution in [0, 0.1) is 17.0 Å². The number of nitrogens with zero attached hydrogens (tertiary/aromatic N) is 4. The summed E-state index contributed by atoms with van der Waals surface area (Å²) in [7, 11) is 0. The van der Waals surface area contributed by atoms with E-state index in [0.717, 1.165) is 21.9 Å². The number of hydroxylamine groups is 3. The van der Waals surface area contributed by atoms with Crippen LogP contribution in [0.25, 0.3) is 10.8 Å². The van der Waals surface area contributed by atoms with Crippen LogP contribution >= 0.6 is 0 Å². The molecule has 0 saturated carbocycles. The van der Waals surface area contributed by atoms with Crippen molar-refractivity contribution in [2.75, 3.05) is 19.8 Å². The lowest BCUT2D eigenvalue weighted by molar-refractivity contribution is -0.915. The maximum Gasteiger partial charge on any atom is 0.383 e. The molecule has 1 aromatic heterocycles. The van der Waals surface area contributed by atoms with Gasteiger partial charge in [-0.15, -0.1) is 0 Å². The highest BCUT2D eigenvalue weighted by atomic mass is 19.3. The van der Waals surface area contributed by atoms with E-state index in [4.69, 9.17) is 4.74 Å². The molecule has 0 bridgehead atoms. The number of halogens is 2. The van der Waals surface area contributed by atoms with Crippen molar-refractivity contribution in [1.82, 2.24) is 36.1 Å². The number of nitrogens with one attached hydrogen (secondary N) is 4. The van der Waals surface area contributed by atoms with Gasteiger partial charge in [-0.05, 0) is 53.1 Å². The lowest BCUT2D eigenvalue weighted by Gasteiger charge is -2.45. The van der Waals surface area contributed by atoms with Gasteiger partial charge in [-0.25, -0.2) is 4.98 Å². The number of ether oxygens (including phenoxy) is 1. The molecule has 360 valence electrons. The van der Waals surface area contributed by atoms with Crippen molar-refractivity contribution in [2.45, 2.75) is 122 Å². The molecule has 3 aromatic carbocycles. The van der Waals surface area contributed by atoms with Gasteiger partial charge >= 0.3 is 5.92 Å². The molecule has 18 heteroatoms. The number of carbonyl (C=O) groups is 5. The van der Waals surface area contributed by atoms with Gasteiger partial charge in [0.05, 0.1) is 43.0 Å². The van der Waals surface area contributed by atoms with Crippen LogP contribution in [-0.4, -0.2) is 116 Å². The van der Waals surface area contributed by atoms with E-state index in [1.54, 1.807) is 52.8 Å². The molecule has 0 radical (unpaired) electrons. The molecule has 1 fully saturated rings. The Hall–Kier alpha value is -5.79. The second-order valence-corrected chi connectivity index (χ2v) is 18.4. The minimum atomic E-state index is -4.55. The molecule has 16 nitrogen and oxygen atoms in total. The number of hydrogen-bond acceptors (Lipinski definition) is 11. The van der Waals surface area contributed by atoms with Gasteiger partial charge in [0.25, 0.3) is 11.8 Å². The van der Waals surface area contributed by atoms with Crippen LogP contribution < -0.4 is 21.3 Å². The SMILES string of the molecule is CCC[C@H](NC(=O)[C@@H]1C[C@@H](OC[N+]2([O-])CCc3ccccc3C2)CN1C(=O)[C@@H](NC(O)[C@@H](NC(=O)c1cnccn1)C(C)C)C(C)C)C(=O)C(F)(F)C(=O)N[C@@H](C)c1ccc2ccccc2c1. The third kappa shape index (κ3) is 12.2. The zero-order chi connectivity index (χ0) is 48.6. The molecule has 3 heterocycles. The monoisotopic (exact) mass is 928 g/mol. The van der Waals surface area contributed by atoms with Gasteiger partial charge in [0.2, 0.25) is 17.6 Å². The van der Waals surface area contributed by atoms with Crippen LogP contribution in [0.2, 0.25) is 0 Å². The van der Waals surface area contributed by atoms with Crippen molar-refractivity contribution < 1.29 is 47.2 Å². The average molecular weight is 929 g/mol. The Morgan fingerprint density at radius 2 is 1.63 bits per heavy atom. The smallest absolute Gasteiger partial charge is 0.383 e. The number of aromatic nitrogens is 2. The molecule has 0 aliphatic carbocycles. The lowest BCUT2D eigenvalue weighted by Crippen LogP contribution is -2.61. The van der Waals surface area contributed by atoms with E-state index in [2.05, 4.69) is 31.2 Å². The number of aliphatic hydroxyl groups excluding tert-OH is 1. The van der Waals surface area contributed by atoms with Crippen molar-refractivity contribution >= 4 is 40.2 Å². The van der Waals surface area contributed by atoms with E-state index in [0.29, 0.717) is 12.0 Å². The molecule has 4 aromatic rings. The zero-order valence-corrected chi connectivity index (χ0v) is 38.8. The maximum absolute atomic E-state index is 15.9. The van der Waals surface area contributed by atoms with Crippen molar-refractivity contribution in [1.29, 1.82) is 0 Å². The summed E-state index contributed by atoms with van der Waals surface area (Å²) >= 11 is 0. The number of rotatable bonds is 20. The van der Waals surface area contributed by atoms with Gasteiger partial charge in [-0.1, -0.05) is 102 Å². The van der Waals surface area contributed by atoms with Crippen LogP contribution in [0.3, 0.4) is 0 Å². The fraction of sp³-hybridized carbons (Fsp3) is 0.490. The number of likely N-dealkylation sites (tertiary alicyclic amines) is 1. The molecule has 2 unspecified atom stereocenters. The van der Waals surface area contributed by atoms with Gasteiger partial charge < -0.3 is 40.5 Å². The quantitative estimate of drug-likeness (QED) is 0.0355. The Kier molecular flexibility index (Phi) is 16.5. The van der Waals surface area contributed by atoms with Crippen molar-refractivity contribution in [3.8, 4) is 0 Å². The molecule has 2 aliphatic heterocycles. The molecular weight excluding hydrogens is 867 g/mol. The summed E-state index contributed by atoms with van der Waals surface area (Å²) in [4.78, 5) is 78.2. The number of quaternary nitrogens is 1. The largest absolute Gasteiger partial charge is 0.631 e. The molecule has 5 N–H and O–H groups in total. The summed E-state index contributed by atoms with van der Waals surface area (Å²) in [6.45, 7) is 10.0. The normalized spacial score (nSPS) is 20.7. The Morgan fingerprint density at radius 3 is 2.30 bits per heavy atom. The predicted octanol–water partition coefficient (Wildman–Crippen LogP) is 4.70. The standard InChI is InChI=1S/C49H62F2N8O8/c1-7-12-38(43(60)49(50,51)48(65)54-31(6)34-18-17-32-13-8-10-15-35(32)23-34)55-45(62)40-24-37(67-28-59(66)22-19-33-14-9-11-16-36(33)27-59)26-58(40)47(64)42(30(4)5)57-46(63)41(29(2)3)56-44(61)39-25-52-20-21-53-39/h8-11,13-18,20-21,23,25,29-31,37-38,40-42,46,57,63H,7,12,19,22,24,26-28H2,1-6H3,(H,54,65)(H,55,62)(H,56,61)/t31-,37+,38-,40-,41-,42-,46?,59?/m0/s1. The van der Waals surface area contributed by atoms with E-state index < -0.39 is 88.4 Å². The van der Waals surface area contributed by atoms with Crippen LogP contribution in [0.1, 0.15) is 94.0 Å². The Labute approximate surface area is 389 Å². The highest BCUT2D eigenvalue weighted by molar-refractivity contribution is 6.10. The maximum atomic E-state index is 15.9. The topological polar surface area (TPSA) is 215 Å². The number of hydrogen-bond donors (Lipinski definition) is 5. The van der Waals surface area contributed by atoms with Gasteiger partial charge in [0, 0.05) is 37.3 Å². The second-order valence-electron chi connectivity index (χ2n) is 18.4. The van der Waals surface area contributed by atoms with Crippen LogP contribution in [-0.2, 0) is 36.9 Å². The fourth-order valence-electron chi connectivity index (χ4n) is 8.70. The Morgan fingerprint density at radius 1 is 0.925 bits per heavy atom.